The Morgan fingerprint density at radius 3 is 2.61 bits per heavy atom. The number of aliphatic hydroxyl groups excluding tert-OH is 1. The zero-order valence-corrected chi connectivity index (χ0v) is 18.8. The highest BCUT2D eigenvalue weighted by atomic mass is 19.1. The second kappa shape index (κ2) is 9.49. The van der Waals surface area contributed by atoms with Crippen LogP contribution in [0.1, 0.15) is 90.2 Å². The van der Waals surface area contributed by atoms with Gasteiger partial charge in [0.1, 0.15) is 5.82 Å². The minimum Gasteiger partial charge on any atom is -0.395 e. The van der Waals surface area contributed by atoms with Crippen LogP contribution in [0.4, 0.5) is 4.39 Å². The van der Waals surface area contributed by atoms with Gasteiger partial charge in [-0.2, -0.15) is 0 Å². The SMILES string of the molecule is C/C(=C\c1cc(F)c(C2CCCC(CC(C)C)C(CO)N2)nc1C)C(C)(C)C. The van der Waals surface area contributed by atoms with E-state index in [4.69, 9.17) is 0 Å². The molecular formula is C24H39FN2O. The predicted molar refractivity (Wildman–Crippen MR) is 116 cm³/mol. The Hall–Kier alpha value is -1.26. The van der Waals surface area contributed by atoms with Gasteiger partial charge in [-0.25, -0.2) is 4.39 Å². The van der Waals surface area contributed by atoms with Gasteiger partial charge in [0.2, 0.25) is 0 Å². The number of hydrogen-bond donors (Lipinski definition) is 2. The Bertz CT molecular complexity index is 691. The fraction of sp³-hybridized carbons (Fsp3) is 0.708. The van der Waals surface area contributed by atoms with Gasteiger partial charge in [0.25, 0.3) is 0 Å². The molecule has 1 fully saturated rings. The largest absolute Gasteiger partial charge is 0.395 e. The number of nitrogens with one attached hydrogen (secondary N) is 1. The summed E-state index contributed by atoms with van der Waals surface area (Å²) >= 11 is 0. The van der Waals surface area contributed by atoms with E-state index in [1.165, 1.54) is 5.57 Å². The van der Waals surface area contributed by atoms with Crippen molar-refractivity contribution in [1.29, 1.82) is 0 Å². The lowest BCUT2D eigenvalue weighted by Gasteiger charge is -2.28. The van der Waals surface area contributed by atoms with Crippen molar-refractivity contribution >= 4 is 6.08 Å². The van der Waals surface area contributed by atoms with Gasteiger partial charge in [0.05, 0.1) is 18.3 Å². The molecule has 28 heavy (non-hydrogen) atoms. The Morgan fingerprint density at radius 2 is 2.04 bits per heavy atom. The maximum Gasteiger partial charge on any atom is 0.146 e. The highest BCUT2D eigenvalue weighted by molar-refractivity contribution is 5.56. The summed E-state index contributed by atoms with van der Waals surface area (Å²) in [5, 5.41) is 13.4. The van der Waals surface area contributed by atoms with Crippen LogP contribution in [-0.2, 0) is 0 Å². The Balaban J connectivity index is 2.29. The van der Waals surface area contributed by atoms with E-state index in [1.54, 1.807) is 6.07 Å². The Labute approximate surface area is 170 Å². The third-order valence-electron chi connectivity index (χ3n) is 6.14. The highest BCUT2D eigenvalue weighted by Crippen LogP contribution is 2.33. The molecule has 0 amide bonds. The average Bonchev–Trinajstić information content (AvgIpc) is 2.78. The number of pyridine rings is 1. The Morgan fingerprint density at radius 1 is 1.36 bits per heavy atom. The summed E-state index contributed by atoms with van der Waals surface area (Å²) in [6.07, 6.45) is 6.07. The second-order valence-corrected chi connectivity index (χ2v) is 9.94. The first kappa shape index (κ1) is 23.0. The van der Waals surface area contributed by atoms with Crippen LogP contribution < -0.4 is 5.32 Å². The molecule has 3 atom stereocenters. The van der Waals surface area contributed by atoms with Crippen LogP contribution in [0.5, 0.6) is 0 Å². The molecule has 1 saturated heterocycles. The third kappa shape index (κ3) is 5.87. The zero-order valence-electron chi connectivity index (χ0n) is 18.8. The van der Waals surface area contributed by atoms with Gasteiger partial charge in [-0.05, 0) is 62.0 Å². The minimum absolute atomic E-state index is 0.000821. The molecule has 1 aromatic rings. The monoisotopic (exact) mass is 390 g/mol. The predicted octanol–water partition coefficient (Wildman–Crippen LogP) is 5.82. The van der Waals surface area contributed by atoms with Crippen LogP contribution in [0.25, 0.3) is 6.08 Å². The van der Waals surface area contributed by atoms with Crippen molar-refractivity contribution in [2.75, 3.05) is 6.61 Å². The van der Waals surface area contributed by atoms with E-state index in [0.29, 0.717) is 17.5 Å². The molecular weight excluding hydrogens is 351 g/mol. The van der Waals surface area contributed by atoms with E-state index in [1.807, 2.05) is 13.0 Å². The zero-order chi connectivity index (χ0) is 21.1. The first-order valence-electron chi connectivity index (χ1n) is 10.8. The quantitative estimate of drug-likeness (QED) is 0.666. The number of rotatable bonds is 5. The molecule has 0 spiro atoms. The lowest BCUT2D eigenvalue weighted by atomic mass is 9.86. The fourth-order valence-electron chi connectivity index (χ4n) is 4.02. The summed E-state index contributed by atoms with van der Waals surface area (Å²) in [5.74, 6) is 0.762. The van der Waals surface area contributed by atoms with E-state index < -0.39 is 0 Å². The van der Waals surface area contributed by atoms with Crippen molar-refractivity contribution in [1.82, 2.24) is 10.3 Å². The molecule has 1 aromatic heterocycles. The molecule has 3 nitrogen and oxygen atoms in total. The van der Waals surface area contributed by atoms with Gasteiger partial charge in [-0.3, -0.25) is 4.98 Å². The maximum atomic E-state index is 15.0. The number of hydrogen-bond acceptors (Lipinski definition) is 3. The van der Waals surface area contributed by atoms with E-state index >= 15 is 4.39 Å². The number of aliphatic hydroxyl groups is 1. The van der Waals surface area contributed by atoms with Crippen molar-refractivity contribution in [3.05, 3.63) is 34.4 Å². The van der Waals surface area contributed by atoms with Crippen molar-refractivity contribution in [2.24, 2.45) is 17.3 Å². The molecule has 3 unspecified atom stereocenters. The van der Waals surface area contributed by atoms with Crippen LogP contribution in [0.3, 0.4) is 0 Å². The molecule has 1 aliphatic rings. The molecule has 158 valence electrons. The maximum absolute atomic E-state index is 15.0. The smallest absolute Gasteiger partial charge is 0.146 e. The van der Waals surface area contributed by atoms with Crippen molar-refractivity contribution in [3.8, 4) is 0 Å². The number of nitrogens with zero attached hydrogens (tertiary/aromatic N) is 1. The normalized spacial score (nSPS) is 24.5. The average molecular weight is 391 g/mol. The van der Waals surface area contributed by atoms with Crippen LogP contribution >= 0.6 is 0 Å². The lowest BCUT2D eigenvalue weighted by molar-refractivity contribution is 0.178. The van der Waals surface area contributed by atoms with Gasteiger partial charge in [0.15, 0.2) is 0 Å². The van der Waals surface area contributed by atoms with E-state index in [2.05, 4.69) is 51.8 Å². The Kier molecular flexibility index (Phi) is 7.81. The molecule has 1 aliphatic heterocycles. The number of halogens is 1. The summed E-state index contributed by atoms with van der Waals surface area (Å²) in [4.78, 5) is 4.66. The fourth-order valence-corrected chi connectivity index (χ4v) is 4.02. The van der Waals surface area contributed by atoms with Crippen molar-refractivity contribution in [2.45, 2.75) is 86.2 Å². The number of aryl methyl sites for hydroxylation is 1. The first-order valence-corrected chi connectivity index (χ1v) is 10.8. The summed E-state index contributed by atoms with van der Waals surface area (Å²) in [6.45, 7) is 15.0. The van der Waals surface area contributed by atoms with E-state index in [9.17, 15) is 5.11 Å². The van der Waals surface area contributed by atoms with Crippen molar-refractivity contribution in [3.63, 3.8) is 0 Å². The van der Waals surface area contributed by atoms with Gasteiger partial charge in [0, 0.05) is 11.7 Å². The molecule has 0 aliphatic carbocycles. The van der Waals surface area contributed by atoms with E-state index in [0.717, 1.165) is 36.9 Å². The van der Waals surface area contributed by atoms with Gasteiger partial charge >= 0.3 is 0 Å². The van der Waals surface area contributed by atoms with Gasteiger partial charge in [-0.15, -0.1) is 0 Å². The lowest BCUT2D eigenvalue weighted by Crippen LogP contribution is -2.40. The van der Waals surface area contributed by atoms with Crippen LogP contribution in [-0.4, -0.2) is 22.7 Å². The van der Waals surface area contributed by atoms with Crippen molar-refractivity contribution < 1.29 is 9.50 Å². The summed E-state index contributed by atoms with van der Waals surface area (Å²) < 4.78 is 15.0. The number of allylic oxidation sites excluding steroid dienone is 1. The molecule has 2 N–H and O–H groups in total. The third-order valence-corrected chi connectivity index (χ3v) is 6.14. The standard InChI is InChI=1S/C24H39FN2O/c1-15(2)11-18-9-8-10-21(27-22(18)14-28)23-20(25)13-19(17(4)26-23)12-16(3)24(5,6)7/h12-13,15,18,21-22,27-28H,8-11,14H2,1-7H3/b16-12+. The van der Waals surface area contributed by atoms with Gasteiger partial charge in [-0.1, -0.05) is 52.7 Å². The van der Waals surface area contributed by atoms with E-state index in [-0.39, 0.29) is 29.9 Å². The minimum atomic E-state index is -0.255. The summed E-state index contributed by atoms with van der Waals surface area (Å²) in [5.41, 5.74) is 3.44. The summed E-state index contributed by atoms with van der Waals surface area (Å²) in [7, 11) is 0. The van der Waals surface area contributed by atoms with Crippen LogP contribution in [0.15, 0.2) is 11.6 Å². The second-order valence-electron chi connectivity index (χ2n) is 9.94. The van der Waals surface area contributed by atoms with Crippen LogP contribution in [0.2, 0.25) is 0 Å². The molecule has 0 radical (unpaired) electrons. The number of aromatic nitrogens is 1. The molecule has 2 heterocycles. The molecule has 4 heteroatoms. The molecule has 0 bridgehead atoms. The first-order chi connectivity index (χ1) is 13.0. The molecule has 0 saturated carbocycles. The summed E-state index contributed by atoms with van der Waals surface area (Å²) in [6, 6.07) is 1.48. The molecule has 2 rings (SSSR count). The van der Waals surface area contributed by atoms with Crippen LogP contribution in [0, 0.1) is 30.0 Å². The van der Waals surface area contributed by atoms with Gasteiger partial charge < -0.3 is 10.4 Å². The topological polar surface area (TPSA) is 45.1 Å². The highest BCUT2D eigenvalue weighted by Gasteiger charge is 2.30. The molecule has 0 aromatic carbocycles.